The van der Waals surface area contributed by atoms with Gasteiger partial charge in [0.15, 0.2) is 11.5 Å². The van der Waals surface area contributed by atoms with Gasteiger partial charge in [-0.25, -0.2) is 5.10 Å². The maximum Gasteiger partial charge on any atom is 0.254 e. The molecule has 1 aliphatic heterocycles. The molecule has 2 heterocycles. The monoisotopic (exact) mass is 407 g/mol. The summed E-state index contributed by atoms with van der Waals surface area (Å²) in [4.78, 5) is 32.0. The summed E-state index contributed by atoms with van der Waals surface area (Å²) in [5.74, 6) is 0.181. The number of carbonyl (C=O) groups is 2. The second kappa shape index (κ2) is 7.86. The van der Waals surface area contributed by atoms with Crippen LogP contribution in [0.1, 0.15) is 33.4 Å². The maximum atomic E-state index is 13.3. The predicted octanol–water partition coefficient (Wildman–Crippen LogP) is 2.37. The first-order valence-corrected chi connectivity index (χ1v) is 9.29. The van der Waals surface area contributed by atoms with E-state index in [1.54, 1.807) is 56.5 Å². The largest absolute Gasteiger partial charge is 0.493 e. The van der Waals surface area contributed by atoms with Gasteiger partial charge < -0.3 is 14.4 Å². The van der Waals surface area contributed by atoms with Crippen LogP contribution in [0.5, 0.6) is 11.5 Å². The second-order valence-electron chi connectivity index (χ2n) is 6.86. The van der Waals surface area contributed by atoms with Crippen molar-refractivity contribution in [3.05, 3.63) is 65.5 Å². The number of methoxy groups -OCH3 is 2. The zero-order valence-electron chi connectivity index (χ0n) is 16.7. The number of aromatic amines is 1. The number of rotatable bonds is 5. The standard InChI is InChI=1S/C21H21N5O4/c1-26-18(12-8-9-15(29-2)16(10-12)30-3)17(19(27)24-21-22-11-23-25-21)13-6-4-5-7-14(13)20(26)28/h4-11,17-18H,1-3H3,(H2,22,23,24,25,27)/t17-,18+/m1/s1. The molecule has 1 aliphatic rings. The van der Waals surface area contributed by atoms with Gasteiger partial charge in [-0.1, -0.05) is 24.3 Å². The number of nitrogens with zero attached hydrogens (tertiary/aromatic N) is 3. The summed E-state index contributed by atoms with van der Waals surface area (Å²) >= 11 is 0. The molecule has 0 spiro atoms. The first-order chi connectivity index (χ1) is 14.5. The van der Waals surface area contributed by atoms with Crippen LogP contribution in [0.25, 0.3) is 0 Å². The molecule has 0 bridgehead atoms. The summed E-state index contributed by atoms with van der Waals surface area (Å²) in [6.07, 6.45) is 1.31. The third kappa shape index (κ3) is 3.24. The van der Waals surface area contributed by atoms with Gasteiger partial charge in [-0.3, -0.25) is 14.9 Å². The van der Waals surface area contributed by atoms with Crippen molar-refractivity contribution < 1.29 is 19.1 Å². The number of ether oxygens (including phenoxy) is 2. The Labute approximate surface area is 173 Å². The molecule has 3 aromatic rings. The minimum atomic E-state index is -0.674. The highest BCUT2D eigenvalue weighted by atomic mass is 16.5. The van der Waals surface area contributed by atoms with Crippen LogP contribution in [-0.4, -0.2) is 53.2 Å². The highest BCUT2D eigenvalue weighted by Gasteiger charge is 2.43. The SMILES string of the molecule is COc1ccc([C@H]2[C@H](C(=O)Nc3ncn[nH]3)c3ccccc3C(=O)N2C)cc1OC. The molecule has 2 N–H and O–H groups in total. The number of amides is 2. The Morgan fingerprint density at radius 1 is 1.13 bits per heavy atom. The first kappa shape index (κ1) is 19.4. The van der Waals surface area contributed by atoms with E-state index in [9.17, 15) is 9.59 Å². The fourth-order valence-electron chi connectivity index (χ4n) is 3.87. The molecule has 0 aliphatic carbocycles. The molecule has 0 fully saturated rings. The van der Waals surface area contributed by atoms with E-state index in [1.165, 1.54) is 6.33 Å². The highest BCUT2D eigenvalue weighted by molar-refractivity contribution is 6.03. The van der Waals surface area contributed by atoms with Gasteiger partial charge in [-0.2, -0.15) is 10.1 Å². The number of nitrogens with one attached hydrogen (secondary N) is 2. The molecule has 9 heteroatoms. The minimum absolute atomic E-state index is 0.158. The van der Waals surface area contributed by atoms with Crippen LogP contribution in [-0.2, 0) is 4.79 Å². The maximum absolute atomic E-state index is 13.3. The highest BCUT2D eigenvalue weighted by Crippen LogP contribution is 2.44. The second-order valence-corrected chi connectivity index (χ2v) is 6.86. The van der Waals surface area contributed by atoms with Gasteiger partial charge >= 0.3 is 0 Å². The number of benzene rings is 2. The van der Waals surface area contributed by atoms with Crippen LogP contribution >= 0.6 is 0 Å². The van der Waals surface area contributed by atoms with Gasteiger partial charge in [-0.05, 0) is 29.3 Å². The lowest BCUT2D eigenvalue weighted by molar-refractivity contribution is -0.119. The number of H-pyrrole nitrogens is 1. The average molecular weight is 407 g/mol. The lowest BCUT2D eigenvalue weighted by Gasteiger charge is -2.39. The molecule has 2 atom stereocenters. The lowest BCUT2D eigenvalue weighted by atomic mass is 9.79. The van der Waals surface area contributed by atoms with Gasteiger partial charge in [-0.15, -0.1) is 0 Å². The van der Waals surface area contributed by atoms with E-state index >= 15 is 0 Å². The fourth-order valence-corrected chi connectivity index (χ4v) is 3.87. The van der Waals surface area contributed by atoms with Gasteiger partial charge in [0.25, 0.3) is 5.91 Å². The van der Waals surface area contributed by atoms with Crippen LogP contribution in [0, 0.1) is 0 Å². The Bertz CT molecular complexity index is 1080. The van der Waals surface area contributed by atoms with Crippen LogP contribution in [0.3, 0.4) is 0 Å². The minimum Gasteiger partial charge on any atom is -0.493 e. The van der Waals surface area contributed by atoms with E-state index in [0.717, 1.165) is 5.56 Å². The van der Waals surface area contributed by atoms with Crippen molar-refractivity contribution in [3.8, 4) is 11.5 Å². The topological polar surface area (TPSA) is 109 Å². The fraction of sp³-hybridized carbons (Fsp3) is 0.238. The Hall–Kier alpha value is -3.88. The number of hydrogen-bond donors (Lipinski definition) is 2. The van der Waals surface area contributed by atoms with Crippen LogP contribution in [0.15, 0.2) is 48.8 Å². The normalized spacial score (nSPS) is 18.0. The molecular formula is C21H21N5O4. The molecule has 0 radical (unpaired) electrons. The number of aromatic nitrogens is 3. The molecule has 4 rings (SSSR count). The number of likely N-dealkylation sites (N-methyl/N-ethyl adjacent to an activating group) is 1. The zero-order chi connectivity index (χ0) is 21.3. The van der Waals surface area contributed by atoms with Crippen molar-refractivity contribution in [1.29, 1.82) is 0 Å². The van der Waals surface area contributed by atoms with Crippen LogP contribution in [0.2, 0.25) is 0 Å². The molecule has 2 aromatic carbocycles. The van der Waals surface area contributed by atoms with E-state index in [-0.39, 0.29) is 17.8 Å². The molecule has 2 amide bonds. The molecule has 0 saturated heterocycles. The van der Waals surface area contributed by atoms with Crippen molar-refractivity contribution >= 4 is 17.8 Å². The van der Waals surface area contributed by atoms with E-state index < -0.39 is 12.0 Å². The summed E-state index contributed by atoms with van der Waals surface area (Å²) in [5, 5.41) is 9.15. The van der Waals surface area contributed by atoms with E-state index in [2.05, 4.69) is 20.5 Å². The number of hydrogen-bond acceptors (Lipinski definition) is 6. The molecule has 1 aromatic heterocycles. The van der Waals surface area contributed by atoms with Gasteiger partial charge in [0, 0.05) is 12.6 Å². The molecule has 154 valence electrons. The van der Waals surface area contributed by atoms with Gasteiger partial charge in [0.1, 0.15) is 6.33 Å². The zero-order valence-corrected chi connectivity index (χ0v) is 16.7. The van der Waals surface area contributed by atoms with Gasteiger partial charge in [0.2, 0.25) is 11.9 Å². The van der Waals surface area contributed by atoms with E-state index in [4.69, 9.17) is 9.47 Å². The van der Waals surface area contributed by atoms with Crippen LogP contribution in [0.4, 0.5) is 5.95 Å². The summed E-state index contributed by atoms with van der Waals surface area (Å²) in [5.41, 5.74) is 1.89. The number of anilines is 1. The van der Waals surface area contributed by atoms with E-state index in [1.807, 2.05) is 12.1 Å². The molecule has 9 nitrogen and oxygen atoms in total. The number of fused-ring (bicyclic) bond motifs is 1. The Morgan fingerprint density at radius 3 is 2.60 bits per heavy atom. The van der Waals surface area contributed by atoms with Crippen LogP contribution < -0.4 is 14.8 Å². The third-order valence-corrected chi connectivity index (χ3v) is 5.27. The van der Waals surface area contributed by atoms with Crippen molar-refractivity contribution in [3.63, 3.8) is 0 Å². The smallest absolute Gasteiger partial charge is 0.254 e. The average Bonchev–Trinajstić information content (AvgIpc) is 3.28. The Balaban J connectivity index is 1.84. The van der Waals surface area contributed by atoms with Crippen molar-refractivity contribution in [2.24, 2.45) is 0 Å². The van der Waals surface area contributed by atoms with Crippen molar-refractivity contribution in [1.82, 2.24) is 20.1 Å². The molecular weight excluding hydrogens is 386 g/mol. The molecule has 30 heavy (non-hydrogen) atoms. The molecule has 0 saturated carbocycles. The van der Waals surface area contributed by atoms with Gasteiger partial charge in [0.05, 0.1) is 26.2 Å². The summed E-state index contributed by atoms with van der Waals surface area (Å²) < 4.78 is 10.8. The quantitative estimate of drug-likeness (QED) is 0.672. The predicted molar refractivity (Wildman–Crippen MR) is 109 cm³/mol. The molecule has 0 unspecified atom stereocenters. The Kier molecular flexibility index (Phi) is 5.09. The summed E-state index contributed by atoms with van der Waals surface area (Å²) in [6, 6.07) is 12.0. The van der Waals surface area contributed by atoms with E-state index in [0.29, 0.717) is 22.6 Å². The Morgan fingerprint density at radius 2 is 1.90 bits per heavy atom. The number of carbonyl (C=O) groups excluding carboxylic acids is 2. The first-order valence-electron chi connectivity index (χ1n) is 9.29. The summed E-state index contributed by atoms with van der Waals surface area (Å²) in [7, 11) is 4.78. The summed E-state index contributed by atoms with van der Waals surface area (Å²) in [6.45, 7) is 0. The lowest BCUT2D eigenvalue weighted by Crippen LogP contribution is -2.44. The third-order valence-electron chi connectivity index (χ3n) is 5.27. The van der Waals surface area contributed by atoms with Crippen molar-refractivity contribution in [2.45, 2.75) is 12.0 Å². The van der Waals surface area contributed by atoms with Crippen molar-refractivity contribution in [2.75, 3.05) is 26.6 Å².